The lowest BCUT2D eigenvalue weighted by molar-refractivity contribution is -0.378. The number of benzene rings is 10. The van der Waals surface area contributed by atoms with Crippen LogP contribution in [0.1, 0.15) is 163 Å². The quantitative estimate of drug-likeness (QED) is 0.0122. The average Bonchev–Trinajstić information content (AvgIpc) is 0.747. The summed E-state index contributed by atoms with van der Waals surface area (Å²) in [6, 6.07) is 94.1. The summed E-state index contributed by atoms with van der Waals surface area (Å²) in [6.07, 6.45) is -6.69. The fourth-order valence-electron chi connectivity index (χ4n) is 16.3. The van der Waals surface area contributed by atoms with E-state index in [0.29, 0.717) is 12.0 Å². The van der Waals surface area contributed by atoms with Gasteiger partial charge in [-0.3, -0.25) is 4.79 Å². The highest BCUT2D eigenvalue weighted by Crippen LogP contribution is 2.42. The molecule has 21 heteroatoms. The third-order valence-corrected chi connectivity index (χ3v) is 23.1. The summed E-state index contributed by atoms with van der Waals surface area (Å²) in [5, 5.41) is 18.5. The Morgan fingerprint density at radius 1 is 0.333 bits per heavy atom. The van der Waals surface area contributed by atoms with E-state index < -0.39 is 110 Å². The molecule has 7 unspecified atom stereocenters. The number of azide groups is 1. The molecule has 10 aromatic rings. The number of esters is 2. The molecule has 1 N–H and O–H groups in total. The number of ether oxygens (including phenoxy) is 15. The molecule has 0 amide bonds. The van der Waals surface area contributed by atoms with E-state index in [2.05, 4.69) is 16.9 Å². The van der Waals surface area contributed by atoms with E-state index >= 15 is 4.79 Å². The van der Waals surface area contributed by atoms with Crippen molar-refractivity contribution in [3.05, 3.63) is 369 Å². The summed E-state index contributed by atoms with van der Waals surface area (Å²) in [5.74, 6) is -1.32. The maximum atomic E-state index is 15.8. The van der Waals surface area contributed by atoms with Gasteiger partial charge in [-0.2, -0.15) is 0 Å². The molecule has 0 bridgehead atoms. The Labute approximate surface area is 741 Å². The minimum Gasteiger partial charge on any atom is -0.463 e. The second-order valence-electron chi connectivity index (χ2n) is 32.5. The zero-order valence-electron chi connectivity index (χ0n) is 72.1. The van der Waals surface area contributed by atoms with Crippen molar-refractivity contribution < 1.29 is 85.7 Å². The molecule has 3 fully saturated rings. The molecule has 1 aliphatic carbocycles. The van der Waals surface area contributed by atoms with Gasteiger partial charge in [0.2, 0.25) is 0 Å². The second kappa shape index (κ2) is 52.2. The van der Waals surface area contributed by atoms with E-state index in [9.17, 15) is 15.4 Å². The molecular formula is C105H121N3O18. The predicted molar refractivity (Wildman–Crippen MR) is 479 cm³/mol. The highest BCUT2D eigenvalue weighted by atomic mass is 16.8. The van der Waals surface area contributed by atoms with Crippen LogP contribution in [0.5, 0.6) is 0 Å². The molecule has 13 rings (SSSR count). The number of nitrogens with zero attached hydrogens (tertiary/aromatic N) is 3. The van der Waals surface area contributed by atoms with Gasteiger partial charge < -0.3 is 76.2 Å². The van der Waals surface area contributed by atoms with Gasteiger partial charge in [-0.15, -0.1) is 0 Å². The van der Waals surface area contributed by atoms with Crippen LogP contribution >= 0.6 is 0 Å². The second-order valence-corrected chi connectivity index (χ2v) is 32.5. The first kappa shape index (κ1) is 93.5. The first-order valence-electron chi connectivity index (χ1n) is 44.8. The largest absolute Gasteiger partial charge is 0.463 e. The summed E-state index contributed by atoms with van der Waals surface area (Å²) in [5.41, 5.74) is 17.6. The minimum atomic E-state index is -1.86. The fourth-order valence-corrected chi connectivity index (χ4v) is 16.3. The Hall–Kier alpha value is -10.1. The van der Waals surface area contributed by atoms with Gasteiger partial charge >= 0.3 is 11.9 Å². The predicted octanol–water partition coefficient (Wildman–Crippen LogP) is 20.5. The van der Waals surface area contributed by atoms with Crippen LogP contribution < -0.4 is 0 Å². The Morgan fingerprint density at radius 2 is 0.619 bits per heavy atom. The van der Waals surface area contributed by atoms with Crippen LogP contribution in [0.4, 0.5) is 0 Å². The summed E-state index contributed by atoms with van der Waals surface area (Å²) >= 11 is 0. The first-order chi connectivity index (χ1) is 62.2. The van der Waals surface area contributed by atoms with Crippen molar-refractivity contribution in [2.45, 2.75) is 261 Å². The number of hydrogen-bond donors (Lipinski definition) is 1. The monoisotopic (exact) mass is 1710 g/mol. The summed E-state index contributed by atoms with van der Waals surface area (Å²) in [6.45, 7) is 1.98. The van der Waals surface area contributed by atoms with Crippen LogP contribution in [0, 0.1) is 0 Å². The number of hydrogen-bond acceptors (Lipinski definition) is 19. The summed E-state index contributed by atoms with van der Waals surface area (Å²) in [7, 11) is 0. The molecule has 1 saturated carbocycles. The maximum Gasteiger partial charge on any atom is 0.338 e. The Balaban J connectivity index is 0.938. The van der Waals surface area contributed by atoms with E-state index in [1.54, 1.807) is 24.3 Å². The van der Waals surface area contributed by atoms with Crippen molar-refractivity contribution in [3.8, 4) is 0 Å². The maximum absolute atomic E-state index is 15.8. The third kappa shape index (κ3) is 29.2. The molecule has 126 heavy (non-hydrogen) atoms. The van der Waals surface area contributed by atoms with E-state index in [1.807, 2.05) is 273 Å². The van der Waals surface area contributed by atoms with Crippen LogP contribution in [0.25, 0.3) is 10.4 Å². The van der Waals surface area contributed by atoms with Gasteiger partial charge in [0.15, 0.2) is 18.7 Å². The highest BCUT2D eigenvalue weighted by Gasteiger charge is 2.60. The molecule has 2 heterocycles. The van der Waals surface area contributed by atoms with Gasteiger partial charge in [-0.25, -0.2) is 4.79 Å². The molecular weight excluding hydrogens is 1590 g/mol. The molecule has 0 aromatic heterocycles. The van der Waals surface area contributed by atoms with E-state index in [0.717, 1.165) is 75.8 Å². The Bertz CT molecular complexity index is 4730. The third-order valence-electron chi connectivity index (χ3n) is 23.1. The topological polar surface area (TPSA) is 242 Å². The normalized spacial score (nSPS) is 22.9. The smallest absolute Gasteiger partial charge is 0.338 e. The molecule has 3 aliphatic rings. The Kier molecular flexibility index (Phi) is 38.8. The molecule has 16 atom stereocenters. The molecule has 21 nitrogen and oxygen atoms in total. The highest BCUT2D eigenvalue weighted by molar-refractivity contribution is 5.91. The first-order valence-corrected chi connectivity index (χ1v) is 44.8. The van der Waals surface area contributed by atoms with Gasteiger partial charge in [0.05, 0.1) is 78.2 Å². The van der Waals surface area contributed by atoms with Crippen LogP contribution in [0.15, 0.2) is 302 Å². The summed E-state index contributed by atoms with van der Waals surface area (Å²) in [4.78, 5) is 33.3. The molecule has 0 spiro atoms. The van der Waals surface area contributed by atoms with Crippen LogP contribution in [0.2, 0.25) is 0 Å². The lowest BCUT2D eigenvalue weighted by atomic mass is 9.83. The van der Waals surface area contributed by atoms with Crippen LogP contribution in [0.3, 0.4) is 0 Å². The zero-order valence-corrected chi connectivity index (χ0v) is 72.1. The van der Waals surface area contributed by atoms with Gasteiger partial charge in [0.1, 0.15) is 86.0 Å². The zero-order chi connectivity index (χ0) is 86.8. The number of unbranched alkanes of at least 4 members (excludes halogenated alkanes) is 12. The number of aliphatic hydroxyl groups is 1. The fraction of sp³-hybridized carbons (Fsp3) is 0.410. The van der Waals surface area contributed by atoms with Gasteiger partial charge in [0.25, 0.3) is 0 Å². The molecule has 2 aliphatic heterocycles. The van der Waals surface area contributed by atoms with Crippen molar-refractivity contribution in [1.82, 2.24) is 0 Å². The lowest BCUT2D eigenvalue weighted by Gasteiger charge is -2.52. The van der Waals surface area contributed by atoms with Crippen molar-refractivity contribution >= 4 is 11.9 Å². The average molecular weight is 1710 g/mol. The van der Waals surface area contributed by atoms with Crippen molar-refractivity contribution in [2.24, 2.45) is 5.11 Å². The Morgan fingerprint density at radius 3 is 0.984 bits per heavy atom. The van der Waals surface area contributed by atoms with Crippen LogP contribution in [-0.4, -0.2) is 128 Å². The van der Waals surface area contributed by atoms with Crippen molar-refractivity contribution in [2.75, 3.05) is 13.2 Å². The molecule has 10 aromatic carbocycles. The summed E-state index contributed by atoms with van der Waals surface area (Å²) < 4.78 is 109. The molecule has 0 radical (unpaired) electrons. The number of rotatable bonds is 52. The van der Waals surface area contributed by atoms with E-state index in [-0.39, 0.29) is 91.2 Å². The lowest BCUT2D eigenvalue weighted by Crippen LogP contribution is -2.71. The minimum absolute atomic E-state index is 0.00255. The van der Waals surface area contributed by atoms with Crippen molar-refractivity contribution in [1.29, 1.82) is 0 Å². The van der Waals surface area contributed by atoms with Gasteiger partial charge in [0, 0.05) is 11.3 Å². The van der Waals surface area contributed by atoms with Gasteiger partial charge in [-0.1, -0.05) is 380 Å². The SMILES string of the molecule is CCCCCCCCCCCCCCCC(=O)OCC1O[C@H](OC2C(OCc3ccccc3)[C@@H](OCc3ccccc3)[C@@H](OCc3ccccc3)C(O[C@H]3OC(COCc4ccccc4)[C@@H](OCc4ccccc4)C(OCc4ccccc4)[C@H]3OCc3ccccc3)[C@@H]2O)C(OC(=O)c2ccccc2CN=[N+]=[N-])[C@@H](OCc2ccccc2)[C@@H]1OCc1ccccc1. The van der Waals surface area contributed by atoms with Crippen LogP contribution in [-0.2, 0) is 142 Å². The number of carbonyl (C=O) groups is 2. The van der Waals surface area contributed by atoms with Crippen molar-refractivity contribution in [3.63, 3.8) is 0 Å². The van der Waals surface area contributed by atoms with Gasteiger partial charge in [-0.05, 0) is 73.7 Å². The van der Waals surface area contributed by atoms with E-state index in [4.69, 9.17) is 71.1 Å². The number of aliphatic hydroxyl groups excluding tert-OH is 1. The molecule has 2 saturated heterocycles. The number of carbonyl (C=O) groups excluding carboxylic acids is 2. The standard InChI is InChI=1S/C105H121N3O18/c1-2-3-4-5-6-7-8-9-10-11-12-13-41-64-90(109)113-76-89-93(115-68-79-48-27-16-28-49-79)97(117-70-81-52-31-18-32-53-81)102(124-103(111)87-63-43-42-62-86(87)65-107-108-106)105(123-89)126-95-91(110)94(98(118-71-82-54-33-19-34-55-82)100(120-73-84-58-37-21-38-59-84)99(95)119-72-83-56-35-20-36-57-83)125-104-101(121-74-85-60-39-22-40-61-85)96(116-69-80-50-29-17-30-51-80)92(114-67-78-46-25-15-26-47-78)88(122-104)75-112-66-77-44-23-14-24-45-77/h14-40,42-63,88-89,91-102,104-105,110H,2-13,41,64-76H2,1H3/t88?,89?,91-,92+,93+,94?,95?,96?,97-,98-,99?,100-,101+,102?,104+,105+/m0/s1. The van der Waals surface area contributed by atoms with E-state index in [1.165, 1.54) is 51.4 Å². The molecule has 664 valence electrons.